The molecule has 0 aromatic carbocycles. The minimum atomic E-state index is -3.49. The maximum atomic E-state index is 11.3. The summed E-state index contributed by atoms with van der Waals surface area (Å²) in [5.41, 5.74) is 1.16. The van der Waals surface area contributed by atoms with Crippen LogP contribution in [0.2, 0.25) is 0 Å². The third kappa shape index (κ3) is 2.36. The monoisotopic (exact) mass is 264 g/mol. The van der Waals surface area contributed by atoms with Gasteiger partial charge in [-0.05, 0) is 23.9 Å². The predicted molar refractivity (Wildman–Crippen MR) is 63.5 cm³/mol. The van der Waals surface area contributed by atoms with Crippen molar-refractivity contribution in [3.8, 4) is 0 Å². The first-order chi connectivity index (χ1) is 6.98. The fraction of sp³-hybridized carbons (Fsp3) is 0.500. The van der Waals surface area contributed by atoms with E-state index in [1.807, 2.05) is 18.4 Å². The van der Waals surface area contributed by atoms with Crippen LogP contribution in [0.4, 0.5) is 0 Å². The van der Waals surface area contributed by atoms with Crippen molar-refractivity contribution in [3.63, 3.8) is 0 Å². The van der Waals surface area contributed by atoms with Gasteiger partial charge in [0, 0.05) is 12.6 Å². The molecule has 2 rings (SSSR count). The zero-order chi connectivity index (χ0) is 11.1. The van der Waals surface area contributed by atoms with Crippen molar-refractivity contribution in [3.05, 3.63) is 17.0 Å². The standard InChI is InChI=1S/C8H12N2O2S3/c1-5-6-2-3-13-8(6)14-7(4-10-5)15(9,11)12/h2-3,5,7,10H,4H2,1H3,(H2,9,11,12)/t5-,7+/m0/s1. The Labute approximate surface area is 97.3 Å². The Morgan fingerprint density at radius 3 is 3.00 bits per heavy atom. The van der Waals surface area contributed by atoms with E-state index in [4.69, 9.17) is 5.14 Å². The lowest BCUT2D eigenvalue weighted by atomic mass is 10.2. The first kappa shape index (κ1) is 11.4. The molecule has 3 N–H and O–H groups in total. The second-order valence-corrected chi connectivity index (χ2v) is 7.86. The van der Waals surface area contributed by atoms with E-state index in [9.17, 15) is 8.42 Å². The number of rotatable bonds is 1. The predicted octanol–water partition coefficient (Wildman–Crippen LogP) is 1.12. The molecular formula is C8H12N2O2S3. The highest BCUT2D eigenvalue weighted by molar-refractivity contribution is 8.13. The quantitative estimate of drug-likeness (QED) is 0.797. The highest BCUT2D eigenvalue weighted by Gasteiger charge is 2.29. The third-order valence-electron chi connectivity index (χ3n) is 2.32. The number of thioether (sulfide) groups is 1. The van der Waals surface area contributed by atoms with Gasteiger partial charge in [0.15, 0.2) is 0 Å². The lowest BCUT2D eigenvalue weighted by Crippen LogP contribution is -2.34. The van der Waals surface area contributed by atoms with Crippen LogP contribution in [-0.4, -0.2) is 19.5 Å². The summed E-state index contributed by atoms with van der Waals surface area (Å²) in [6, 6.07) is 2.21. The minimum absolute atomic E-state index is 0.186. The number of nitrogens with one attached hydrogen (secondary N) is 1. The molecule has 0 spiro atoms. The van der Waals surface area contributed by atoms with Crippen LogP contribution < -0.4 is 10.5 Å². The first-order valence-corrected chi connectivity index (χ1v) is 7.84. The van der Waals surface area contributed by atoms with Crippen LogP contribution >= 0.6 is 23.1 Å². The molecule has 2 heterocycles. The summed E-state index contributed by atoms with van der Waals surface area (Å²) in [5, 5.41) is 10.3. The molecule has 0 radical (unpaired) electrons. The van der Waals surface area contributed by atoms with Crippen molar-refractivity contribution in [2.45, 2.75) is 21.8 Å². The van der Waals surface area contributed by atoms with E-state index >= 15 is 0 Å². The molecule has 0 unspecified atom stereocenters. The molecule has 84 valence electrons. The van der Waals surface area contributed by atoms with E-state index in [-0.39, 0.29) is 6.04 Å². The Bertz CT molecular complexity index is 454. The van der Waals surface area contributed by atoms with E-state index in [1.165, 1.54) is 11.8 Å². The Balaban J connectivity index is 2.34. The average molecular weight is 264 g/mol. The highest BCUT2D eigenvalue weighted by Crippen LogP contribution is 2.38. The number of hydrogen-bond acceptors (Lipinski definition) is 5. The van der Waals surface area contributed by atoms with E-state index in [0.717, 1.165) is 9.77 Å². The number of nitrogens with two attached hydrogens (primary N) is 1. The molecule has 0 aliphatic carbocycles. The molecule has 15 heavy (non-hydrogen) atoms. The highest BCUT2D eigenvalue weighted by atomic mass is 32.3. The molecule has 0 amide bonds. The Hall–Kier alpha value is -0.0800. The Kier molecular flexibility index (Phi) is 3.09. The molecular weight excluding hydrogens is 252 g/mol. The van der Waals surface area contributed by atoms with E-state index in [0.29, 0.717) is 6.54 Å². The zero-order valence-corrected chi connectivity index (χ0v) is 10.6. The van der Waals surface area contributed by atoms with Gasteiger partial charge in [0.2, 0.25) is 10.0 Å². The third-order valence-corrected chi connectivity index (χ3v) is 6.49. The van der Waals surface area contributed by atoms with Crippen LogP contribution in [-0.2, 0) is 10.0 Å². The van der Waals surface area contributed by atoms with Crippen LogP contribution in [0, 0.1) is 0 Å². The molecule has 2 atom stereocenters. The van der Waals surface area contributed by atoms with E-state index in [1.54, 1.807) is 11.3 Å². The molecule has 0 saturated carbocycles. The van der Waals surface area contributed by atoms with Crippen molar-refractivity contribution in [1.82, 2.24) is 5.32 Å². The molecule has 0 fully saturated rings. The topological polar surface area (TPSA) is 72.2 Å². The largest absolute Gasteiger partial charge is 0.308 e. The van der Waals surface area contributed by atoms with Crippen LogP contribution in [0.25, 0.3) is 0 Å². The van der Waals surface area contributed by atoms with E-state index in [2.05, 4.69) is 5.32 Å². The Morgan fingerprint density at radius 1 is 1.60 bits per heavy atom. The van der Waals surface area contributed by atoms with Crippen molar-refractivity contribution in [2.24, 2.45) is 5.14 Å². The van der Waals surface area contributed by atoms with Gasteiger partial charge in [0.05, 0.1) is 4.21 Å². The van der Waals surface area contributed by atoms with E-state index < -0.39 is 14.6 Å². The summed E-state index contributed by atoms with van der Waals surface area (Å²) in [7, 11) is -3.49. The summed E-state index contributed by atoms with van der Waals surface area (Å²) < 4.78 is 23.1. The van der Waals surface area contributed by atoms with Gasteiger partial charge < -0.3 is 5.32 Å². The van der Waals surface area contributed by atoms with Crippen LogP contribution in [0.15, 0.2) is 15.7 Å². The second kappa shape index (κ2) is 4.06. The van der Waals surface area contributed by atoms with Gasteiger partial charge >= 0.3 is 0 Å². The summed E-state index contributed by atoms with van der Waals surface area (Å²) in [4.78, 5) is 0. The molecule has 0 saturated heterocycles. The maximum Gasteiger partial charge on any atom is 0.223 e. The number of hydrogen-bond donors (Lipinski definition) is 2. The second-order valence-electron chi connectivity index (χ2n) is 3.43. The van der Waals surface area contributed by atoms with Gasteiger partial charge in [0.1, 0.15) is 4.58 Å². The molecule has 7 heteroatoms. The van der Waals surface area contributed by atoms with Crippen molar-refractivity contribution < 1.29 is 8.42 Å². The van der Waals surface area contributed by atoms with Crippen molar-refractivity contribution in [1.29, 1.82) is 0 Å². The number of sulfonamides is 1. The Morgan fingerprint density at radius 2 is 2.33 bits per heavy atom. The molecule has 1 aliphatic heterocycles. The molecule has 4 nitrogen and oxygen atoms in total. The fourth-order valence-electron chi connectivity index (χ4n) is 1.45. The molecule has 0 bridgehead atoms. The smallest absolute Gasteiger partial charge is 0.223 e. The minimum Gasteiger partial charge on any atom is -0.308 e. The average Bonchev–Trinajstić information content (AvgIpc) is 2.52. The van der Waals surface area contributed by atoms with Crippen molar-refractivity contribution in [2.75, 3.05) is 6.54 Å². The van der Waals surface area contributed by atoms with Gasteiger partial charge in [-0.25, -0.2) is 13.6 Å². The summed E-state index contributed by atoms with van der Waals surface area (Å²) >= 11 is 2.90. The zero-order valence-electron chi connectivity index (χ0n) is 8.14. The SMILES string of the molecule is C[C@@H]1NC[C@@H](S(N)(=O)=O)Sc2sccc21. The lowest BCUT2D eigenvalue weighted by molar-refractivity contribution is 0.568. The van der Waals surface area contributed by atoms with Crippen LogP contribution in [0.3, 0.4) is 0 Å². The van der Waals surface area contributed by atoms with Gasteiger partial charge in [0.25, 0.3) is 0 Å². The normalized spacial score (nSPS) is 27.1. The fourth-order valence-corrected chi connectivity index (χ4v) is 5.04. The van der Waals surface area contributed by atoms with Gasteiger partial charge in [-0.15, -0.1) is 11.3 Å². The number of fused-ring (bicyclic) bond motifs is 1. The number of thiophene rings is 1. The summed E-state index contributed by atoms with van der Waals surface area (Å²) in [6.45, 7) is 2.42. The van der Waals surface area contributed by atoms with Gasteiger partial charge in [-0.3, -0.25) is 0 Å². The molecule has 1 aromatic rings. The summed E-state index contributed by atoms with van der Waals surface area (Å²) in [5.74, 6) is 0. The number of primary sulfonamides is 1. The van der Waals surface area contributed by atoms with Gasteiger partial charge in [-0.1, -0.05) is 11.8 Å². The molecule has 1 aromatic heterocycles. The van der Waals surface area contributed by atoms with Crippen LogP contribution in [0.1, 0.15) is 18.5 Å². The van der Waals surface area contributed by atoms with Gasteiger partial charge in [-0.2, -0.15) is 0 Å². The maximum absolute atomic E-state index is 11.3. The first-order valence-electron chi connectivity index (χ1n) is 4.47. The van der Waals surface area contributed by atoms with Crippen molar-refractivity contribution >= 4 is 33.1 Å². The molecule has 1 aliphatic rings. The summed E-state index contributed by atoms with van der Waals surface area (Å²) in [6.07, 6.45) is 0. The van der Waals surface area contributed by atoms with Crippen LogP contribution in [0.5, 0.6) is 0 Å². The lowest BCUT2D eigenvalue weighted by Gasteiger charge is -2.12.